The third kappa shape index (κ3) is 4.91. The van der Waals surface area contributed by atoms with Crippen molar-refractivity contribution in [3.8, 4) is 6.01 Å². The monoisotopic (exact) mass is 354 g/mol. The highest BCUT2D eigenvalue weighted by Crippen LogP contribution is 2.27. The summed E-state index contributed by atoms with van der Waals surface area (Å²) in [5.74, 6) is 0. The molecule has 4 nitrogen and oxygen atoms in total. The first-order valence-electron chi connectivity index (χ1n) is 5.97. The topological polar surface area (TPSA) is 36.3 Å². The summed E-state index contributed by atoms with van der Waals surface area (Å²) in [5.41, 5.74) is 0. The molecule has 1 aromatic heterocycles. The average molecular weight is 356 g/mol. The predicted molar refractivity (Wildman–Crippen MR) is 80.2 cm³/mol. The van der Waals surface area contributed by atoms with E-state index in [1.807, 2.05) is 6.92 Å². The zero-order valence-corrected chi connectivity index (χ0v) is 14.6. The first kappa shape index (κ1) is 16.0. The number of halogens is 2. The molecule has 1 heterocycles. The van der Waals surface area contributed by atoms with Gasteiger partial charge in [-0.1, -0.05) is 31.2 Å². The molecule has 0 aliphatic carbocycles. The van der Waals surface area contributed by atoms with Crippen LogP contribution in [0.1, 0.15) is 6.92 Å². The molecule has 0 amide bonds. The summed E-state index contributed by atoms with van der Waals surface area (Å²) in [6.45, 7) is 10.5. The van der Waals surface area contributed by atoms with Crippen molar-refractivity contribution in [3.05, 3.63) is 9.76 Å². The fourth-order valence-corrected chi connectivity index (χ4v) is 2.56. The molecule has 0 saturated carbocycles. The number of imidazole rings is 1. The number of aromatic nitrogens is 2. The Labute approximate surface area is 123 Å². The molecule has 1 rings (SSSR count). The Morgan fingerprint density at radius 1 is 1.39 bits per heavy atom. The van der Waals surface area contributed by atoms with Crippen LogP contribution >= 0.6 is 27.5 Å². The summed E-state index contributed by atoms with van der Waals surface area (Å²) in [6, 6.07) is 1.62. The minimum absolute atomic E-state index is 0.372. The maximum absolute atomic E-state index is 6.12. The lowest BCUT2D eigenvalue weighted by Crippen LogP contribution is -2.22. The fraction of sp³-hybridized carbons (Fsp3) is 0.727. The zero-order valence-electron chi connectivity index (χ0n) is 11.3. The minimum atomic E-state index is -1.06. The van der Waals surface area contributed by atoms with E-state index in [1.165, 1.54) is 0 Å². The van der Waals surface area contributed by atoms with Crippen molar-refractivity contribution in [1.29, 1.82) is 0 Å². The Morgan fingerprint density at radius 2 is 2.06 bits per heavy atom. The van der Waals surface area contributed by atoms with Crippen LogP contribution in [-0.2, 0) is 11.5 Å². The Balaban J connectivity index is 2.55. The highest BCUT2D eigenvalue weighted by molar-refractivity contribution is 9.10. The molecule has 104 valence electrons. The van der Waals surface area contributed by atoms with E-state index in [1.54, 1.807) is 4.57 Å². The third-order valence-corrected chi connectivity index (χ3v) is 5.19. The van der Waals surface area contributed by atoms with E-state index in [9.17, 15) is 0 Å². The van der Waals surface area contributed by atoms with Gasteiger partial charge in [0.05, 0.1) is 6.61 Å². The SMILES string of the molecule is CCOc1nc(Br)c(Cl)n1COCC[Si](C)(C)C. The summed E-state index contributed by atoms with van der Waals surface area (Å²) >= 11 is 9.41. The lowest BCUT2D eigenvalue weighted by molar-refractivity contribution is 0.0795. The molecule has 0 bridgehead atoms. The van der Waals surface area contributed by atoms with Gasteiger partial charge in [-0.15, -0.1) is 0 Å². The molecule has 0 spiro atoms. The molecule has 0 unspecified atom stereocenters. The smallest absolute Gasteiger partial charge is 0.300 e. The van der Waals surface area contributed by atoms with Crippen LogP contribution < -0.4 is 4.74 Å². The minimum Gasteiger partial charge on any atom is -0.465 e. The number of hydrogen-bond donors (Lipinski definition) is 0. The van der Waals surface area contributed by atoms with Crippen LogP contribution in [0.2, 0.25) is 30.8 Å². The van der Waals surface area contributed by atoms with E-state index in [4.69, 9.17) is 21.1 Å². The number of hydrogen-bond acceptors (Lipinski definition) is 3. The van der Waals surface area contributed by atoms with Crippen LogP contribution in [0.5, 0.6) is 6.01 Å². The summed E-state index contributed by atoms with van der Waals surface area (Å²) < 4.78 is 13.4. The second-order valence-corrected chi connectivity index (χ2v) is 11.9. The normalized spacial score (nSPS) is 11.9. The van der Waals surface area contributed by atoms with E-state index >= 15 is 0 Å². The summed E-state index contributed by atoms with van der Waals surface area (Å²) in [6.07, 6.45) is 0. The van der Waals surface area contributed by atoms with Crippen LogP contribution in [0.4, 0.5) is 0 Å². The molecule has 0 aromatic carbocycles. The quantitative estimate of drug-likeness (QED) is 0.547. The molecular weight excluding hydrogens is 336 g/mol. The van der Waals surface area contributed by atoms with Gasteiger partial charge in [-0.3, -0.25) is 4.57 Å². The van der Waals surface area contributed by atoms with Crippen molar-refractivity contribution < 1.29 is 9.47 Å². The van der Waals surface area contributed by atoms with Crippen molar-refractivity contribution >= 4 is 35.6 Å². The van der Waals surface area contributed by atoms with Crippen molar-refractivity contribution in [2.75, 3.05) is 13.2 Å². The maximum Gasteiger partial charge on any atom is 0.300 e. The molecule has 0 atom stereocenters. The summed E-state index contributed by atoms with van der Waals surface area (Å²) in [7, 11) is -1.06. The largest absolute Gasteiger partial charge is 0.465 e. The Bertz CT molecular complexity index is 393. The number of rotatable bonds is 7. The lowest BCUT2D eigenvalue weighted by atomic mass is 10.8. The van der Waals surface area contributed by atoms with Gasteiger partial charge in [0.15, 0.2) is 0 Å². The van der Waals surface area contributed by atoms with Crippen LogP contribution in [0.15, 0.2) is 4.60 Å². The first-order chi connectivity index (χ1) is 8.35. The van der Waals surface area contributed by atoms with Gasteiger partial charge in [-0.25, -0.2) is 0 Å². The van der Waals surface area contributed by atoms with Crippen LogP contribution in [0, 0.1) is 0 Å². The van der Waals surface area contributed by atoms with Crippen molar-refractivity contribution in [3.63, 3.8) is 0 Å². The first-order valence-corrected chi connectivity index (χ1v) is 10.8. The second-order valence-electron chi connectivity index (χ2n) is 5.19. The summed E-state index contributed by atoms with van der Waals surface area (Å²) in [5, 5.41) is 0.506. The van der Waals surface area contributed by atoms with Crippen molar-refractivity contribution in [2.24, 2.45) is 0 Å². The Hall–Kier alpha value is -0.0431. The van der Waals surface area contributed by atoms with Crippen molar-refractivity contribution in [1.82, 2.24) is 9.55 Å². The van der Waals surface area contributed by atoms with Gasteiger partial charge < -0.3 is 9.47 Å². The molecule has 18 heavy (non-hydrogen) atoms. The van der Waals surface area contributed by atoms with Crippen LogP contribution in [-0.4, -0.2) is 30.8 Å². The Morgan fingerprint density at radius 3 is 2.61 bits per heavy atom. The molecule has 0 aliphatic heterocycles. The van der Waals surface area contributed by atoms with Crippen LogP contribution in [0.25, 0.3) is 0 Å². The van der Waals surface area contributed by atoms with Gasteiger partial charge in [0.25, 0.3) is 0 Å². The van der Waals surface area contributed by atoms with E-state index < -0.39 is 8.07 Å². The number of ether oxygens (including phenoxy) is 2. The molecule has 0 saturated heterocycles. The molecular formula is C11H20BrClN2O2Si. The van der Waals surface area contributed by atoms with E-state index in [-0.39, 0.29) is 0 Å². The molecule has 0 aliphatic rings. The van der Waals surface area contributed by atoms with Gasteiger partial charge in [-0.05, 0) is 28.9 Å². The standard InChI is InChI=1S/C11H20BrClN2O2Si/c1-5-17-11-14-9(12)10(13)15(11)8-16-6-7-18(2,3)4/h5-8H2,1-4H3. The Kier molecular flexibility index (Phi) is 6.17. The third-order valence-electron chi connectivity index (χ3n) is 2.32. The molecule has 0 radical (unpaired) electrons. The molecule has 7 heteroatoms. The molecule has 0 fully saturated rings. The summed E-state index contributed by atoms with van der Waals surface area (Å²) in [4.78, 5) is 4.18. The number of nitrogens with zero attached hydrogens (tertiary/aromatic N) is 2. The van der Waals surface area contributed by atoms with Gasteiger partial charge >= 0.3 is 6.01 Å². The van der Waals surface area contributed by atoms with Crippen LogP contribution in [0.3, 0.4) is 0 Å². The van der Waals surface area contributed by atoms with E-state index in [0.717, 1.165) is 12.7 Å². The lowest BCUT2D eigenvalue weighted by Gasteiger charge is -2.16. The average Bonchev–Trinajstić information content (AvgIpc) is 2.50. The molecule has 1 aromatic rings. The van der Waals surface area contributed by atoms with Gasteiger partial charge in [0.1, 0.15) is 16.5 Å². The van der Waals surface area contributed by atoms with Gasteiger partial charge in [0, 0.05) is 14.7 Å². The second kappa shape index (κ2) is 6.93. The molecule has 0 N–H and O–H groups in total. The highest BCUT2D eigenvalue weighted by atomic mass is 79.9. The fourth-order valence-electron chi connectivity index (χ4n) is 1.27. The highest BCUT2D eigenvalue weighted by Gasteiger charge is 2.16. The van der Waals surface area contributed by atoms with Gasteiger partial charge in [0.2, 0.25) is 0 Å². The van der Waals surface area contributed by atoms with E-state index in [2.05, 4.69) is 40.6 Å². The zero-order chi connectivity index (χ0) is 13.8. The maximum atomic E-state index is 6.12. The van der Waals surface area contributed by atoms with E-state index in [0.29, 0.717) is 29.1 Å². The van der Waals surface area contributed by atoms with Crippen molar-refractivity contribution in [2.45, 2.75) is 39.3 Å². The van der Waals surface area contributed by atoms with Gasteiger partial charge in [-0.2, -0.15) is 4.98 Å². The predicted octanol–water partition coefficient (Wildman–Crippen LogP) is 4.01.